The van der Waals surface area contributed by atoms with E-state index in [1.54, 1.807) is 0 Å². The van der Waals surface area contributed by atoms with Gasteiger partial charge in [0.2, 0.25) is 0 Å². The number of hydrogen-bond acceptors (Lipinski definition) is 3. The topological polar surface area (TPSA) is 43.4 Å². The average molecular weight is 252 g/mol. The molecule has 0 aromatic rings. The molecule has 0 aliphatic heterocycles. The van der Waals surface area contributed by atoms with E-state index in [0.29, 0.717) is 24.5 Å². The van der Waals surface area contributed by atoms with E-state index < -0.39 is 0 Å². The zero-order chi connectivity index (χ0) is 13.5. The Morgan fingerprint density at radius 2 is 1.61 bits per heavy atom. The van der Waals surface area contributed by atoms with Crippen molar-refractivity contribution in [1.29, 1.82) is 0 Å². The average Bonchev–Trinajstić information content (AvgIpc) is 2.26. The van der Waals surface area contributed by atoms with Crippen LogP contribution in [0.5, 0.6) is 0 Å². The van der Waals surface area contributed by atoms with Gasteiger partial charge in [-0.3, -0.25) is 9.59 Å². The molecule has 2 saturated carbocycles. The number of carbonyl (C=O) groups is 2. The first-order valence-corrected chi connectivity index (χ1v) is 6.94. The largest absolute Gasteiger partial charge is 0.469 e. The maximum absolute atomic E-state index is 12.2. The fourth-order valence-electron chi connectivity index (χ4n) is 3.62. The maximum Gasteiger partial charge on any atom is 0.308 e. The summed E-state index contributed by atoms with van der Waals surface area (Å²) >= 11 is 0. The van der Waals surface area contributed by atoms with Gasteiger partial charge in [0.1, 0.15) is 5.78 Å². The first-order chi connectivity index (χ1) is 8.32. The summed E-state index contributed by atoms with van der Waals surface area (Å²) in [7, 11) is 1.44. The third-order valence-corrected chi connectivity index (χ3v) is 4.84. The van der Waals surface area contributed by atoms with Crippen LogP contribution in [-0.2, 0) is 14.3 Å². The summed E-state index contributed by atoms with van der Waals surface area (Å²) in [6, 6.07) is 0. The normalized spacial score (nSPS) is 36.3. The summed E-state index contributed by atoms with van der Waals surface area (Å²) < 4.78 is 4.83. The standard InChI is InChI=1S/C15H24O3/c1-15(2,3)12-7-9-5-11(14(17)18-4)6-10(8-12)13(9)16/h9-12H,5-8H2,1-4H3. The van der Waals surface area contributed by atoms with Crippen molar-refractivity contribution in [3.05, 3.63) is 0 Å². The number of ketones is 1. The highest BCUT2D eigenvalue weighted by atomic mass is 16.5. The Balaban J connectivity index is 2.11. The Morgan fingerprint density at radius 3 is 2.00 bits per heavy atom. The molecule has 0 heterocycles. The van der Waals surface area contributed by atoms with E-state index in [9.17, 15) is 9.59 Å². The van der Waals surface area contributed by atoms with Gasteiger partial charge in [-0.05, 0) is 37.0 Å². The van der Waals surface area contributed by atoms with E-state index in [2.05, 4.69) is 20.8 Å². The molecule has 0 radical (unpaired) electrons. The Hall–Kier alpha value is -0.860. The molecule has 2 bridgehead atoms. The Bertz CT molecular complexity index is 335. The van der Waals surface area contributed by atoms with Crippen LogP contribution in [-0.4, -0.2) is 18.9 Å². The highest BCUT2D eigenvalue weighted by Gasteiger charge is 2.46. The van der Waals surface area contributed by atoms with E-state index in [1.807, 2.05) is 0 Å². The smallest absolute Gasteiger partial charge is 0.308 e. The highest BCUT2D eigenvalue weighted by Crippen LogP contribution is 2.48. The molecular formula is C15H24O3. The molecular weight excluding hydrogens is 228 g/mol. The molecule has 2 aliphatic rings. The van der Waals surface area contributed by atoms with Crippen molar-refractivity contribution in [3.8, 4) is 0 Å². The molecule has 0 amide bonds. The van der Waals surface area contributed by atoms with E-state index in [-0.39, 0.29) is 29.1 Å². The van der Waals surface area contributed by atoms with Gasteiger partial charge in [-0.1, -0.05) is 20.8 Å². The molecule has 102 valence electrons. The second-order valence-electron chi connectivity index (χ2n) is 7.02. The Kier molecular flexibility index (Phi) is 3.52. The predicted octanol–water partition coefficient (Wildman–Crippen LogP) is 2.83. The van der Waals surface area contributed by atoms with Gasteiger partial charge in [-0.25, -0.2) is 0 Å². The van der Waals surface area contributed by atoms with Crippen molar-refractivity contribution in [2.45, 2.75) is 46.5 Å². The number of fused-ring (bicyclic) bond motifs is 2. The lowest BCUT2D eigenvalue weighted by molar-refractivity contribution is -0.152. The second-order valence-corrected chi connectivity index (χ2v) is 7.02. The van der Waals surface area contributed by atoms with E-state index in [0.717, 1.165) is 12.8 Å². The van der Waals surface area contributed by atoms with Gasteiger partial charge < -0.3 is 4.74 Å². The fraction of sp³-hybridized carbons (Fsp3) is 0.867. The molecule has 0 aromatic heterocycles. The lowest BCUT2D eigenvalue weighted by atomic mass is 9.59. The van der Waals surface area contributed by atoms with Crippen LogP contribution in [0.25, 0.3) is 0 Å². The number of ether oxygens (including phenoxy) is 1. The van der Waals surface area contributed by atoms with Crippen LogP contribution in [0.2, 0.25) is 0 Å². The SMILES string of the molecule is COC(=O)C1CC2CC(C(C)(C)C)CC(C1)C2=O. The molecule has 3 nitrogen and oxygen atoms in total. The first kappa shape index (κ1) is 13.6. The first-order valence-electron chi connectivity index (χ1n) is 6.94. The number of carbonyl (C=O) groups excluding carboxylic acids is 2. The van der Waals surface area contributed by atoms with Crippen molar-refractivity contribution in [2.24, 2.45) is 29.1 Å². The maximum atomic E-state index is 12.2. The summed E-state index contributed by atoms with van der Waals surface area (Å²) in [6.45, 7) is 6.75. The van der Waals surface area contributed by atoms with E-state index >= 15 is 0 Å². The minimum atomic E-state index is -0.133. The molecule has 2 fully saturated rings. The monoisotopic (exact) mass is 252 g/mol. The molecule has 2 rings (SSSR count). The van der Waals surface area contributed by atoms with E-state index in [1.165, 1.54) is 7.11 Å². The lowest BCUT2D eigenvalue weighted by Crippen LogP contribution is -2.44. The van der Waals surface area contributed by atoms with Crippen molar-refractivity contribution in [3.63, 3.8) is 0 Å². The highest BCUT2D eigenvalue weighted by molar-refractivity contribution is 5.87. The van der Waals surface area contributed by atoms with Crippen LogP contribution >= 0.6 is 0 Å². The van der Waals surface area contributed by atoms with Crippen LogP contribution < -0.4 is 0 Å². The molecule has 0 saturated heterocycles. The zero-order valence-electron chi connectivity index (χ0n) is 11.9. The number of methoxy groups -OCH3 is 1. The van der Waals surface area contributed by atoms with Gasteiger partial charge in [-0.2, -0.15) is 0 Å². The van der Waals surface area contributed by atoms with Gasteiger partial charge in [0.15, 0.2) is 0 Å². The molecule has 0 aromatic carbocycles. The number of rotatable bonds is 1. The minimum absolute atomic E-state index is 0.0522. The van der Waals surface area contributed by atoms with E-state index in [4.69, 9.17) is 4.74 Å². The quantitative estimate of drug-likeness (QED) is 0.674. The van der Waals surface area contributed by atoms with Gasteiger partial charge in [0.05, 0.1) is 13.0 Å². The van der Waals surface area contributed by atoms with Gasteiger partial charge >= 0.3 is 5.97 Å². The molecule has 3 heteroatoms. The third-order valence-electron chi connectivity index (χ3n) is 4.84. The summed E-state index contributed by atoms with van der Waals surface area (Å²) in [5.41, 5.74) is 0.259. The molecule has 0 N–H and O–H groups in total. The Morgan fingerprint density at radius 1 is 1.11 bits per heavy atom. The van der Waals surface area contributed by atoms with Gasteiger partial charge in [0, 0.05) is 11.8 Å². The minimum Gasteiger partial charge on any atom is -0.469 e. The van der Waals surface area contributed by atoms with Crippen LogP contribution in [0.15, 0.2) is 0 Å². The fourth-order valence-corrected chi connectivity index (χ4v) is 3.62. The third kappa shape index (κ3) is 2.45. The van der Waals surface area contributed by atoms with Crippen LogP contribution in [0.3, 0.4) is 0 Å². The van der Waals surface area contributed by atoms with Crippen molar-refractivity contribution < 1.29 is 14.3 Å². The molecule has 18 heavy (non-hydrogen) atoms. The Labute approximate surface area is 109 Å². The summed E-state index contributed by atoms with van der Waals surface area (Å²) in [5.74, 6) is 0.992. The lowest BCUT2D eigenvalue weighted by Gasteiger charge is -2.44. The predicted molar refractivity (Wildman–Crippen MR) is 68.9 cm³/mol. The molecule has 2 atom stereocenters. The van der Waals surface area contributed by atoms with Crippen molar-refractivity contribution in [2.75, 3.05) is 7.11 Å². The molecule has 2 aliphatic carbocycles. The van der Waals surface area contributed by atoms with Gasteiger partial charge in [0.25, 0.3) is 0 Å². The van der Waals surface area contributed by atoms with Crippen LogP contribution in [0.4, 0.5) is 0 Å². The second kappa shape index (κ2) is 4.67. The number of hydrogen-bond donors (Lipinski definition) is 0. The summed E-state index contributed by atoms with van der Waals surface area (Å²) in [5, 5.41) is 0. The van der Waals surface area contributed by atoms with Crippen LogP contribution in [0.1, 0.15) is 46.5 Å². The summed E-state index contributed by atoms with van der Waals surface area (Å²) in [4.78, 5) is 23.8. The molecule has 2 unspecified atom stereocenters. The number of esters is 1. The zero-order valence-corrected chi connectivity index (χ0v) is 11.9. The molecule has 0 spiro atoms. The van der Waals surface area contributed by atoms with Crippen molar-refractivity contribution >= 4 is 11.8 Å². The van der Waals surface area contributed by atoms with Gasteiger partial charge in [-0.15, -0.1) is 0 Å². The van der Waals surface area contributed by atoms with Crippen LogP contribution in [0, 0.1) is 29.1 Å². The number of Topliss-reactive ketones (excluding diaryl/α,β-unsaturated/α-hetero) is 1. The van der Waals surface area contributed by atoms with Crippen molar-refractivity contribution in [1.82, 2.24) is 0 Å². The summed E-state index contributed by atoms with van der Waals surface area (Å²) in [6.07, 6.45) is 3.31.